The average Bonchev–Trinajstić information content (AvgIpc) is 4.01. The number of carbonyl (C=O) groups is 1. The van der Waals surface area contributed by atoms with Crippen molar-refractivity contribution in [1.29, 1.82) is 0 Å². The van der Waals surface area contributed by atoms with Crippen LogP contribution in [0.5, 0.6) is 0 Å². The lowest BCUT2D eigenvalue weighted by atomic mass is 9.97. The summed E-state index contributed by atoms with van der Waals surface area (Å²) in [5.74, 6) is -0.371. The zero-order chi connectivity index (χ0) is 35.0. The van der Waals surface area contributed by atoms with E-state index < -0.39 is 0 Å². The fraction of sp³-hybridized carbons (Fsp3) is 0.0217. The van der Waals surface area contributed by atoms with E-state index >= 15 is 0 Å². The van der Waals surface area contributed by atoms with E-state index in [0.29, 0.717) is 0 Å². The molecule has 5 aliphatic rings. The van der Waals surface area contributed by atoms with Gasteiger partial charge in [0.1, 0.15) is 0 Å². The predicted molar refractivity (Wildman–Crippen MR) is 213 cm³/mol. The molecule has 5 heterocycles. The van der Waals surface area contributed by atoms with Crippen LogP contribution in [-0.2, 0) is 11.2 Å². The van der Waals surface area contributed by atoms with E-state index in [1.165, 1.54) is 0 Å². The second-order valence-corrected chi connectivity index (χ2v) is 12.8. The topological polar surface area (TPSA) is 92.5 Å². The number of primary amides is 1. The number of nitrogens with two attached hydrogens (primary N) is 1. The normalized spacial score (nSPS) is 17.3. The summed E-state index contributed by atoms with van der Waals surface area (Å²) in [6.07, 6.45) is 16.7. The number of allylic oxidation sites excluding steroid dienone is 12. The summed E-state index contributed by atoms with van der Waals surface area (Å²) in [5, 5.41) is 0. The summed E-state index contributed by atoms with van der Waals surface area (Å²) >= 11 is 0. The summed E-state index contributed by atoms with van der Waals surface area (Å²) < 4.78 is 0. The van der Waals surface area contributed by atoms with Crippen molar-refractivity contribution < 1.29 is 4.79 Å². The first-order valence-corrected chi connectivity index (χ1v) is 17.2. The smallest absolute Gasteiger partial charge is 0.221 e. The van der Waals surface area contributed by atoms with E-state index in [0.717, 1.165) is 95.7 Å². The molecule has 4 aromatic carbocycles. The maximum absolute atomic E-state index is 11.7. The fourth-order valence-corrected chi connectivity index (χ4v) is 7.08. The molecule has 0 aliphatic carbocycles. The van der Waals surface area contributed by atoms with Crippen LogP contribution in [0.3, 0.4) is 0 Å². The molecule has 0 fully saturated rings. The van der Waals surface area contributed by atoms with Gasteiger partial charge in [0, 0.05) is 22.3 Å². The minimum Gasteiger partial charge on any atom is -0.369 e. The fourth-order valence-electron chi connectivity index (χ4n) is 7.08. The van der Waals surface area contributed by atoms with Crippen molar-refractivity contribution in [3.05, 3.63) is 214 Å². The molecule has 0 aromatic heterocycles. The average molecular weight is 670 g/mol. The van der Waals surface area contributed by atoms with Crippen molar-refractivity contribution in [2.75, 3.05) is 0 Å². The summed E-state index contributed by atoms with van der Waals surface area (Å²) in [5.41, 5.74) is 20.5. The van der Waals surface area contributed by atoms with Gasteiger partial charge in [-0.1, -0.05) is 115 Å². The molecule has 9 rings (SSSR count). The number of fused-ring (bicyclic) bond motifs is 4. The Morgan fingerprint density at radius 2 is 0.673 bits per heavy atom. The standard InChI is InChI=1S/C46H31N5O/c47-42(52)28-29-16-18-33(19-17-29)46-40-26-24-38(50-40)44(31-12-6-2-7-13-31)36-22-20-34(48-36)43(30-10-4-1-5-11-30)35-21-23-37(49-35)45(32-14-8-3-9-15-32)39-25-27-41(46)51-39/h1-27H,28H2,(H2,47,52). The van der Waals surface area contributed by atoms with Gasteiger partial charge >= 0.3 is 0 Å². The maximum Gasteiger partial charge on any atom is 0.221 e. The molecular weight excluding hydrogens is 639 g/mol. The minimum atomic E-state index is -0.371. The van der Waals surface area contributed by atoms with Crippen LogP contribution in [0.15, 0.2) is 207 Å². The number of hydrogen-bond acceptors (Lipinski definition) is 5. The van der Waals surface area contributed by atoms with E-state index in [1.807, 2.05) is 78.9 Å². The predicted octanol–water partition coefficient (Wildman–Crippen LogP) is 8.72. The first-order chi connectivity index (χ1) is 25.6. The van der Waals surface area contributed by atoms with Crippen molar-refractivity contribution in [3.63, 3.8) is 0 Å². The number of hydrogen-bond donors (Lipinski definition) is 1. The summed E-state index contributed by atoms with van der Waals surface area (Å²) in [7, 11) is 0. The van der Waals surface area contributed by atoms with Crippen molar-refractivity contribution >= 4 is 51.0 Å². The quantitative estimate of drug-likeness (QED) is 0.219. The molecule has 0 unspecified atom stereocenters. The van der Waals surface area contributed by atoms with Gasteiger partial charge in [-0.25, -0.2) is 20.0 Å². The van der Waals surface area contributed by atoms with Crippen molar-refractivity contribution in [3.8, 4) is 0 Å². The summed E-state index contributed by atoms with van der Waals surface area (Å²) in [4.78, 5) is 32.9. The SMILES string of the molecule is NC(=O)Cc1ccc(C2=C3C=CC(=N3)C(c3ccccc3)=C3C=CC(=N3)C(c3ccccc3)=C3C=CC(=N3)C(c3ccccc3)=C3C=CC2=N3)cc1. The molecule has 4 aromatic rings. The molecule has 2 N–H and O–H groups in total. The van der Waals surface area contributed by atoms with Crippen LogP contribution in [-0.4, -0.2) is 28.8 Å². The van der Waals surface area contributed by atoms with Gasteiger partial charge in [-0.05, 0) is 76.4 Å². The largest absolute Gasteiger partial charge is 0.369 e. The molecule has 0 spiro atoms. The monoisotopic (exact) mass is 669 g/mol. The molecule has 52 heavy (non-hydrogen) atoms. The molecule has 6 nitrogen and oxygen atoms in total. The van der Waals surface area contributed by atoms with Crippen LogP contribution in [0.25, 0.3) is 22.3 Å². The molecule has 0 saturated carbocycles. The lowest BCUT2D eigenvalue weighted by Crippen LogP contribution is -2.13. The Morgan fingerprint density at radius 3 is 0.962 bits per heavy atom. The first kappa shape index (κ1) is 31.0. The number of carbonyl (C=O) groups excluding carboxylic acids is 1. The lowest BCUT2D eigenvalue weighted by molar-refractivity contribution is -0.117. The van der Waals surface area contributed by atoms with E-state index in [2.05, 4.69) is 85.0 Å². The maximum atomic E-state index is 11.7. The Morgan fingerprint density at radius 1 is 0.385 bits per heavy atom. The third-order valence-electron chi connectivity index (χ3n) is 9.42. The van der Waals surface area contributed by atoms with E-state index in [-0.39, 0.29) is 12.3 Å². The van der Waals surface area contributed by atoms with Crippen LogP contribution >= 0.6 is 0 Å². The molecule has 1 amide bonds. The van der Waals surface area contributed by atoms with Gasteiger partial charge in [-0.3, -0.25) is 4.79 Å². The van der Waals surface area contributed by atoms with Crippen LogP contribution in [0.4, 0.5) is 0 Å². The Balaban J connectivity index is 1.34. The lowest BCUT2D eigenvalue weighted by Gasteiger charge is -2.13. The van der Waals surface area contributed by atoms with Crippen LogP contribution in [0, 0.1) is 0 Å². The number of aliphatic imine (C=N–C) groups is 4. The second-order valence-electron chi connectivity index (χ2n) is 12.8. The molecular formula is C46H31N5O. The molecule has 8 bridgehead atoms. The molecule has 6 heteroatoms. The molecule has 0 atom stereocenters. The van der Waals surface area contributed by atoms with Crippen molar-refractivity contribution in [1.82, 2.24) is 0 Å². The summed E-state index contributed by atoms with van der Waals surface area (Å²) in [6.45, 7) is 0. The van der Waals surface area contributed by atoms with Gasteiger partial charge in [0.2, 0.25) is 5.91 Å². The minimum absolute atomic E-state index is 0.171. The van der Waals surface area contributed by atoms with Gasteiger partial charge in [-0.15, -0.1) is 0 Å². The Labute approximate surface area is 301 Å². The summed E-state index contributed by atoms with van der Waals surface area (Å²) in [6, 6.07) is 38.8. The van der Waals surface area contributed by atoms with Gasteiger partial charge in [0.05, 0.1) is 52.1 Å². The zero-order valence-corrected chi connectivity index (χ0v) is 28.1. The Bertz CT molecular complexity index is 2510. The zero-order valence-electron chi connectivity index (χ0n) is 28.1. The highest BCUT2D eigenvalue weighted by atomic mass is 16.1. The Hall–Kier alpha value is -7.05. The molecule has 0 radical (unpaired) electrons. The van der Waals surface area contributed by atoms with Gasteiger partial charge in [-0.2, -0.15) is 0 Å². The molecule has 0 saturated heterocycles. The Kier molecular flexibility index (Phi) is 7.75. The number of nitrogens with zero attached hydrogens (tertiary/aromatic N) is 4. The molecule has 246 valence electrons. The van der Waals surface area contributed by atoms with Gasteiger partial charge < -0.3 is 5.73 Å². The highest BCUT2D eigenvalue weighted by molar-refractivity contribution is 6.39. The number of amides is 1. The van der Waals surface area contributed by atoms with Crippen molar-refractivity contribution in [2.24, 2.45) is 25.7 Å². The van der Waals surface area contributed by atoms with Gasteiger partial charge in [0.25, 0.3) is 0 Å². The van der Waals surface area contributed by atoms with Crippen LogP contribution in [0.1, 0.15) is 27.8 Å². The van der Waals surface area contributed by atoms with E-state index in [9.17, 15) is 4.79 Å². The number of rotatable bonds is 6. The van der Waals surface area contributed by atoms with E-state index in [4.69, 9.17) is 25.7 Å². The van der Waals surface area contributed by atoms with Gasteiger partial charge in [0.15, 0.2) is 0 Å². The first-order valence-electron chi connectivity index (χ1n) is 17.2. The van der Waals surface area contributed by atoms with Crippen LogP contribution in [0.2, 0.25) is 0 Å². The second kappa shape index (κ2) is 13.0. The van der Waals surface area contributed by atoms with Crippen LogP contribution < -0.4 is 5.73 Å². The molecule has 5 aliphatic heterocycles. The highest BCUT2D eigenvalue weighted by Gasteiger charge is 2.27. The third-order valence-corrected chi connectivity index (χ3v) is 9.42. The number of benzene rings is 4. The van der Waals surface area contributed by atoms with E-state index in [1.54, 1.807) is 0 Å². The third kappa shape index (κ3) is 5.72. The van der Waals surface area contributed by atoms with Crippen molar-refractivity contribution in [2.45, 2.75) is 6.42 Å². The highest BCUT2D eigenvalue weighted by Crippen LogP contribution is 2.38.